The van der Waals surface area contributed by atoms with E-state index in [1.165, 1.54) is 16.9 Å². The Balaban J connectivity index is 1.39. The van der Waals surface area contributed by atoms with Crippen LogP contribution in [-0.4, -0.2) is 101 Å². The molecule has 1 aliphatic heterocycles. The predicted molar refractivity (Wildman–Crippen MR) is 164 cm³/mol. The zero-order chi connectivity index (χ0) is 31.6. The molecule has 2 heterocycles. The molecule has 1 N–H and O–H groups in total. The molecule has 13 heteroatoms. The SMILES string of the molecule is COc1ccc(-c2nnn(CC(=O)N(CCCN3CCOCC3)[C@H](C(=O)NC3CCCCC3)c3ccc(F)cc3)n2)cc1OC. The molecule has 5 rings (SSSR count). The Morgan fingerprint density at radius 1 is 1.04 bits per heavy atom. The first-order valence-corrected chi connectivity index (χ1v) is 15.6. The second-order valence-electron chi connectivity index (χ2n) is 11.4. The number of halogens is 1. The summed E-state index contributed by atoms with van der Waals surface area (Å²) < 4.78 is 30.2. The number of nitrogens with zero attached hydrogens (tertiary/aromatic N) is 6. The predicted octanol–water partition coefficient (Wildman–Crippen LogP) is 3.24. The summed E-state index contributed by atoms with van der Waals surface area (Å²) in [7, 11) is 3.10. The quantitative estimate of drug-likeness (QED) is 0.306. The van der Waals surface area contributed by atoms with E-state index >= 15 is 0 Å². The molecule has 45 heavy (non-hydrogen) atoms. The third-order valence-corrected chi connectivity index (χ3v) is 8.37. The highest BCUT2D eigenvalue weighted by molar-refractivity contribution is 5.89. The smallest absolute Gasteiger partial charge is 0.247 e. The molecule has 2 fully saturated rings. The van der Waals surface area contributed by atoms with Crippen molar-refractivity contribution in [1.82, 2.24) is 35.3 Å². The lowest BCUT2D eigenvalue weighted by Gasteiger charge is -2.34. The number of ether oxygens (including phenoxy) is 3. The summed E-state index contributed by atoms with van der Waals surface area (Å²) in [5.41, 5.74) is 1.19. The topological polar surface area (TPSA) is 124 Å². The molecule has 2 aromatic carbocycles. The number of amides is 2. The molecule has 2 aliphatic rings. The van der Waals surface area contributed by atoms with Gasteiger partial charge in [0, 0.05) is 37.8 Å². The van der Waals surface area contributed by atoms with Crippen LogP contribution in [0.3, 0.4) is 0 Å². The van der Waals surface area contributed by atoms with Crippen molar-refractivity contribution >= 4 is 11.8 Å². The Kier molecular flexibility index (Phi) is 11.3. The number of rotatable bonds is 13. The van der Waals surface area contributed by atoms with Crippen molar-refractivity contribution in [1.29, 1.82) is 0 Å². The normalized spacial score (nSPS) is 16.6. The summed E-state index contributed by atoms with van der Waals surface area (Å²) in [6, 6.07) is 10.1. The number of carbonyl (C=O) groups is 2. The second kappa shape index (κ2) is 15.8. The van der Waals surface area contributed by atoms with Crippen molar-refractivity contribution < 1.29 is 28.2 Å². The molecule has 0 unspecified atom stereocenters. The average molecular weight is 624 g/mol. The van der Waals surface area contributed by atoms with Crippen molar-refractivity contribution in [3.05, 3.63) is 53.8 Å². The van der Waals surface area contributed by atoms with Gasteiger partial charge < -0.3 is 24.4 Å². The molecule has 0 bridgehead atoms. The molecule has 12 nitrogen and oxygen atoms in total. The number of benzene rings is 2. The maximum absolute atomic E-state index is 14.1. The number of aromatic nitrogens is 4. The number of tetrazole rings is 1. The molecule has 1 atom stereocenters. The Labute approximate surface area is 262 Å². The number of hydrogen-bond acceptors (Lipinski definition) is 9. The van der Waals surface area contributed by atoms with E-state index in [1.807, 2.05) is 0 Å². The molecular formula is C32H42FN7O5. The van der Waals surface area contributed by atoms with Crippen molar-refractivity contribution in [2.45, 2.75) is 57.2 Å². The van der Waals surface area contributed by atoms with Crippen molar-refractivity contribution in [2.24, 2.45) is 0 Å². The van der Waals surface area contributed by atoms with E-state index in [-0.39, 0.29) is 24.4 Å². The first-order valence-electron chi connectivity index (χ1n) is 15.6. The van der Waals surface area contributed by atoms with Gasteiger partial charge >= 0.3 is 0 Å². The van der Waals surface area contributed by atoms with Crippen LogP contribution in [0.25, 0.3) is 11.4 Å². The maximum atomic E-state index is 14.1. The number of methoxy groups -OCH3 is 2. The fourth-order valence-electron chi connectivity index (χ4n) is 5.95. The highest BCUT2D eigenvalue weighted by Gasteiger charge is 2.33. The molecule has 1 aliphatic carbocycles. The fraction of sp³-hybridized carbons (Fsp3) is 0.531. The number of hydrogen-bond donors (Lipinski definition) is 1. The zero-order valence-corrected chi connectivity index (χ0v) is 26.0. The molecule has 2 amide bonds. The fourth-order valence-corrected chi connectivity index (χ4v) is 5.95. The first-order chi connectivity index (χ1) is 21.9. The standard InChI is InChI=1S/C32H42FN7O5/c1-43-27-14-11-24(21-28(27)44-2)31-35-37-40(36-31)22-29(41)39(16-6-15-38-17-19-45-20-18-38)30(23-9-12-25(33)13-10-23)32(42)34-26-7-4-3-5-8-26/h9-14,21,26,30H,3-8,15-20,22H2,1-2H3,(H,34,42)/t30-/m0/s1. The van der Waals surface area contributed by atoms with Crippen LogP contribution in [0, 0.1) is 5.82 Å². The average Bonchev–Trinajstić information content (AvgIpc) is 3.54. The Hall–Kier alpha value is -4.10. The molecule has 0 radical (unpaired) electrons. The third kappa shape index (κ3) is 8.54. The van der Waals surface area contributed by atoms with Gasteiger partial charge in [-0.1, -0.05) is 31.4 Å². The first kappa shape index (κ1) is 32.3. The Bertz CT molecular complexity index is 1410. The summed E-state index contributed by atoms with van der Waals surface area (Å²) >= 11 is 0. The Morgan fingerprint density at radius 3 is 2.49 bits per heavy atom. The summed E-state index contributed by atoms with van der Waals surface area (Å²) in [6.07, 6.45) is 5.69. The van der Waals surface area contributed by atoms with Gasteiger partial charge in [-0.15, -0.1) is 10.2 Å². The van der Waals surface area contributed by atoms with Gasteiger partial charge in [-0.2, -0.15) is 4.80 Å². The van der Waals surface area contributed by atoms with Crippen LogP contribution >= 0.6 is 0 Å². The van der Waals surface area contributed by atoms with Crippen LogP contribution in [0.15, 0.2) is 42.5 Å². The molecular weight excluding hydrogens is 581 g/mol. The minimum absolute atomic E-state index is 0.0422. The van der Waals surface area contributed by atoms with Crippen LogP contribution in [-0.2, 0) is 20.9 Å². The van der Waals surface area contributed by atoms with Crippen LogP contribution in [0.5, 0.6) is 11.5 Å². The monoisotopic (exact) mass is 623 g/mol. The Morgan fingerprint density at radius 2 is 1.78 bits per heavy atom. The van der Waals surface area contributed by atoms with Crippen LogP contribution < -0.4 is 14.8 Å². The lowest BCUT2D eigenvalue weighted by molar-refractivity contribution is -0.142. The second-order valence-corrected chi connectivity index (χ2v) is 11.4. The van der Waals surface area contributed by atoms with E-state index in [0.717, 1.165) is 51.7 Å². The summed E-state index contributed by atoms with van der Waals surface area (Å²) in [6.45, 7) is 3.81. The van der Waals surface area contributed by atoms with Crippen molar-refractivity contribution in [3.8, 4) is 22.9 Å². The number of morpholine rings is 1. The minimum atomic E-state index is -0.946. The van der Waals surface area contributed by atoms with Crippen molar-refractivity contribution in [2.75, 3.05) is 53.6 Å². The van der Waals surface area contributed by atoms with Gasteiger partial charge in [-0.05, 0) is 60.4 Å². The third-order valence-electron chi connectivity index (χ3n) is 8.37. The lowest BCUT2D eigenvalue weighted by atomic mass is 9.94. The van der Waals surface area contributed by atoms with Crippen LogP contribution in [0.2, 0.25) is 0 Å². The molecule has 0 spiro atoms. The molecule has 3 aromatic rings. The van der Waals surface area contributed by atoms with Gasteiger partial charge in [0.2, 0.25) is 17.6 Å². The highest BCUT2D eigenvalue weighted by atomic mass is 19.1. The van der Waals surface area contributed by atoms with Gasteiger partial charge in [0.15, 0.2) is 11.5 Å². The van der Waals surface area contributed by atoms with E-state index in [4.69, 9.17) is 14.2 Å². The van der Waals surface area contributed by atoms with Gasteiger partial charge in [0.05, 0.1) is 27.4 Å². The summed E-state index contributed by atoms with van der Waals surface area (Å²) in [4.78, 5) is 33.1. The lowest BCUT2D eigenvalue weighted by Crippen LogP contribution is -2.48. The van der Waals surface area contributed by atoms with Gasteiger partial charge in [0.25, 0.3) is 0 Å². The van der Waals surface area contributed by atoms with Crippen LogP contribution in [0.1, 0.15) is 50.1 Å². The molecule has 1 saturated carbocycles. The number of nitrogens with one attached hydrogen (secondary N) is 1. The molecule has 1 saturated heterocycles. The largest absolute Gasteiger partial charge is 0.493 e. The highest BCUT2D eigenvalue weighted by Crippen LogP contribution is 2.31. The van der Waals surface area contributed by atoms with E-state index in [2.05, 4.69) is 25.6 Å². The number of carbonyl (C=O) groups excluding carboxylic acids is 2. The molecule has 1 aromatic heterocycles. The van der Waals surface area contributed by atoms with Crippen LogP contribution in [0.4, 0.5) is 4.39 Å². The molecule has 242 valence electrons. The van der Waals surface area contributed by atoms with E-state index in [0.29, 0.717) is 54.6 Å². The van der Waals surface area contributed by atoms with Crippen molar-refractivity contribution in [3.63, 3.8) is 0 Å². The van der Waals surface area contributed by atoms with Gasteiger partial charge in [-0.3, -0.25) is 14.5 Å². The summed E-state index contributed by atoms with van der Waals surface area (Å²) in [5.74, 6) is 0.361. The van der Waals surface area contributed by atoms with Gasteiger partial charge in [0.1, 0.15) is 18.4 Å². The maximum Gasteiger partial charge on any atom is 0.247 e. The zero-order valence-electron chi connectivity index (χ0n) is 26.0. The van der Waals surface area contributed by atoms with E-state index in [1.54, 1.807) is 49.5 Å². The summed E-state index contributed by atoms with van der Waals surface area (Å²) in [5, 5.41) is 15.9. The van der Waals surface area contributed by atoms with E-state index < -0.39 is 11.9 Å². The van der Waals surface area contributed by atoms with Gasteiger partial charge in [-0.25, -0.2) is 4.39 Å². The minimum Gasteiger partial charge on any atom is -0.493 e. The van der Waals surface area contributed by atoms with E-state index in [9.17, 15) is 14.0 Å².